The minimum atomic E-state index is -0.575. The van der Waals surface area contributed by atoms with Gasteiger partial charge in [0.15, 0.2) is 5.75 Å². The monoisotopic (exact) mass is 366 g/mol. The zero-order valence-electron chi connectivity index (χ0n) is 14.7. The lowest BCUT2D eigenvalue weighted by Gasteiger charge is -2.08. The van der Waals surface area contributed by atoms with Gasteiger partial charge in [-0.1, -0.05) is 24.3 Å². The van der Waals surface area contributed by atoms with Crippen molar-refractivity contribution in [1.29, 1.82) is 0 Å². The van der Waals surface area contributed by atoms with Gasteiger partial charge < -0.3 is 14.6 Å². The molecule has 8 heteroatoms. The van der Waals surface area contributed by atoms with E-state index in [1.54, 1.807) is 12.5 Å². The summed E-state index contributed by atoms with van der Waals surface area (Å²) in [4.78, 5) is 26.8. The van der Waals surface area contributed by atoms with E-state index in [0.717, 1.165) is 17.7 Å². The minimum absolute atomic E-state index is 0.116. The number of nitrogens with one attached hydrogen (secondary N) is 1. The van der Waals surface area contributed by atoms with Crippen molar-refractivity contribution in [2.24, 2.45) is 0 Å². The van der Waals surface area contributed by atoms with Crippen LogP contribution in [0.15, 0.2) is 61.2 Å². The van der Waals surface area contributed by atoms with Crippen LogP contribution in [0, 0.1) is 10.1 Å². The summed E-state index contributed by atoms with van der Waals surface area (Å²) in [6, 6.07) is 12.0. The third-order valence-electron chi connectivity index (χ3n) is 4.04. The van der Waals surface area contributed by atoms with Crippen molar-refractivity contribution in [3.63, 3.8) is 0 Å². The molecule has 1 heterocycles. The molecule has 0 fully saturated rings. The van der Waals surface area contributed by atoms with Gasteiger partial charge in [0.2, 0.25) is 0 Å². The second kappa shape index (κ2) is 8.13. The van der Waals surface area contributed by atoms with Crippen molar-refractivity contribution in [2.45, 2.75) is 13.1 Å². The number of nitro benzene ring substituents is 1. The first kappa shape index (κ1) is 18.1. The Morgan fingerprint density at radius 1 is 1.22 bits per heavy atom. The Labute approximate surface area is 155 Å². The number of hydrogen-bond donors (Lipinski definition) is 1. The van der Waals surface area contributed by atoms with Gasteiger partial charge in [-0.15, -0.1) is 0 Å². The second-order valence-electron chi connectivity index (χ2n) is 5.88. The number of ether oxygens (including phenoxy) is 1. The highest BCUT2D eigenvalue weighted by Crippen LogP contribution is 2.27. The number of carbonyl (C=O) groups is 1. The van der Waals surface area contributed by atoms with E-state index < -0.39 is 4.92 Å². The number of benzene rings is 2. The fourth-order valence-corrected chi connectivity index (χ4v) is 2.61. The van der Waals surface area contributed by atoms with Gasteiger partial charge in [-0.05, 0) is 23.3 Å². The molecular weight excluding hydrogens is 348 g/mol. The summed E-state index contributed by atoms with van der Waals surface area (Å²) >= 11 is 0. The first-order valence-electron chi connectivity index (χ1n) is 8.21. The number of aromatic nitrogens is 2. The van der Waals surface area contributed by atoms with Crippen molar-refractivity contribution in [2.75, 3.05) is 7.11 Å². The molecule has 138 valence electrons. The number of hydrogen-bond acceptors (Lipinski definition) is 5. The number of imidazole rings is 1. The zero-order chi connectivity index (χ0) is 19.2. The van der Waals surface area contributed by atoms with Crippen LogP contribution in [0.5, 0.6) is 5.75 Å². The van der Waals surface area contributed by atoms with Crippen LogP contribution in [0.2, 0.25) is 0 Å². The number of nitro groups is 1. The summed E-state index contributed by atoms with van der Waals surface area (Å²) in [6.07, 6.45) is 5.37. The summed E-state index contributed by atoms with van der Waals surface area (Å²) < 4.78 is 6.91. The van der Waals surface area contributed by atoms with Gasteiger partial charge in [-0.25, -0.2) is 4.98 Å². The lowest BCUT2D eigenvalue weighted by atomic mass is 10.1. The lowest BCUT2D eigenvalue weighted by molar-refractivity contribution is -0.385. The smallest absolute Gasteiger partial charge is 0.311 e. The maximum atomic E-state index is 12.3. The average Bonchev–Trinajstić information content (AvgIpc) is 3.19. The van der Waals surface area contributed by atoms with Crippen molar-refractivity contribution < 1.29 is 14.5 Å². The average molecular weight is 366 g/mol. The van der Waals surface area contributed by atoms with E-state index in [4.69, 9.17) is 4.74 Å². The Kier molecular flexibility index (Phi) is 5.46. The third kappa shape index (κ3) is 4.49. The standard InChI is InChI=1S/C19H18N4O4/c1-27-18-7-6-16(10-17(18)23(25)26)19(24)21-11-14-2-4-15(5-3-14)12-22-9-8-20-13-22/h2-10,13H,11-12H2,1H3,(H,21,24). The molecule has 8 nitrogen and oxygen atoms in total. The summed E-state index contributed by atoms with van der Waals surface area (Å²) in [6.45, 7) is 1.05. The highest BCUT2D eigenvalue weighted by Gasteiger charge is 2.18. The molecule has 1 amide bonds. The number of methoxy groups -OCH3 is 1. The van der Waals surface area contributed by atoms with Crippen LogP contribution >= 0.6 is 0 Å². The van der Waals surface area contributed by atoms with E-state index in [-0.39, 0.29) is 22.9 Å². The molecule has 0 radical (unpaired) electrons. The predicted molar refractivity (Wildman–Crippen MR) is 98.6 cm³/mol. The molecule has 1 N–H and O–H groups in total. The van der Waals surface area contributed by atoms with E-state index in [1.807, 2.05) is 35.0 Å². The summed E-state index contributed by atoms with van der Waals surface area (Å²) in [5.41, 5.74) is 2.02. The molecule has 1 aromatic heterocycles. The molecule has 3 rings (SSSR count). The molecule has 0 saturated carbocycles. The molecule has 0 saturated heterocycles. The number of rotatable bonds is 7. The highest BCUT2D eigenvalue weighted by molar-refractivity contribution is 5.95. The largest absolute Gasteiger partial charge is 0.490 e. The van der Waals surface area contributed by atoms with Crippen LogP contribution in [0.4, 0.5) is 5.69 Å². The molecule has 0 aliphatic carbocycles. The zero-order valence-corrected chi connectivity index (χ0v) is 14.7. The first-order chi connectivity index (χ1) is 13.1. The van der Waals surface area contributed by atoms with Gasteiger partial charge in [0.25, 0.3) is 5.91 Å². The highest BCUT2D eigenvalue weighted by atomic mass is 16.6. The minimum Gasteiger partial charge on any atom is -0.490 e. The fraction of sp³-hybridized carbons (Fsp3) is 0.158. The van der Waals surface area contributed by atoms with E-state index in [2.05, 4.69) is 10.3 Å². The van der Waals surface area contributed by atoms with Crippen LogP contribution in [0.1, 0.15) is 21.5 Å². The Hall–Kier alpha value is -3.68. The van der Waals surface area contributed by atoms with Crippen LogP contribution in [-0.2, 0) is 13.1 Å². The van der Waals surface area contributed by atoms with Crippen LogP contribution in [-0.4, -0.2) is 27.5 Å². The molecule has 0 atom stereocenters. The maximum Gasteiger partial charge on any atom is 0.311 e. The van der Waals surface area contributed by atoms with Gasteiger partial charge in [0.1, 0.15) is 0 Å². The molecule has 3 aromatic rings. The lowest BCUT2D eigenvalue weighted by Crippen LogP contribution is -2.22. The Morgan fingerprint density at radius 2 is 1.96 bits per heavy atom. The van der Waals surface area contributed by atoms with Crippen molar-refractivity contribution >= 4 is 11.6 Å². The van der Waals surface area contributed by atoms with Gasteiger partial charge in [0.05, 0.1) is 18.4 Å². The van der Waals surface area contributed by atoms with Crippen molar-refractivity contribution in [3.05, 3.63) is 88.0 Å². The molecule has 2 aromatic carbocycles. The molecule has 0 aliphatic heterocycles. The SMILES string of the molecule is COc1ccc(C(=O)NCc2ccc(Cn3ccnc3)cc2)cc1[N+](=O)[O-]. The molecule has 0 aliphatic rings. The molecule has 27 heavy (non-hydrogen) atoms. The first-order valence-corrected chi connectivity index (χ1v) is 8.21. The normalized spacial score (nSPS) is 10.4. The van der Waals surface area contributed by atoms with Gasteiger partial charge in [-0.2, -0.15) is 0 Å². The van der Waals surface area contributed by atoms with Gasteiger partial charge >= 0.3 is 5.69 Å². The molecular formula is C19H18N4O4. The Balaban J connectivity index is 1.62. The van der Waals surface area contributed by atoms with E-state index in [9.17, 15) is 14.9 Å². The quantitative estimate of drug-likeness (QED) is 0.512. The number of carbonyl (C=O) groups excluding carboxylic acids is 1. The predicted octanol–water partition coefficient (Wildman–Crippen LogP) is 2.78. The summed E-state index contributed by atoms with van der Waals surface area (Å²) in [5.74, 6) is -0.270. The fourth-order valence-electron chi connectivity index (χ4n) is 2.61. The summed E-state index contributed by atoms with van der Waals surface area (Å²) in [7, 11) is 1.35. The Morgan fingerprint density at radius 3 is 2.59 bits per heavy atom. The topological polar surface area (TPSA) is 99.3 Å². The molecule has 0 bridgehead atoms. The van der Waals surface area contributed by atoms with E-state index >= 15 is 0 Å². The van der Waals surface area contributed by atoms with Crippen LogP contribution < -0.4 is 10.1 Å². The van der Waals surface area contributed by atoms with E-state index in [1.165, 1.54) is 25.3 Å². The van der Waals surface area contributed by atoms with E-state index in [0.29, 0.717) is 6.54 Å². The van der Waals surface area contributed by atoms with Crippen molar-refractivity contribution in [3.8, 4) is 5.75 Å². The van der Waals surface area contributed by atoms with Gasteiger partial charge in [0, 0.05) is 37.1 Å². The van der Waals surface area contributed by atoms with Gasteiger partial charge in [-0.3, -0.25) is 14.9 Å². The molecule has 0 spiro atoms. The van der Waals surface area contributed by atoms with Crippen molar-refractivity contribution in [1.82, 2.24) is 14.9 Å². The van der Waals surface area contributed by atoms with Crippen LogP contribution in [0.3, 0.4) is 0 Å². The Bertz CT molecular complexity index is 937. The number of amides is 1. The van der Waals surface area contributed by atoms with Crippen LogP contribution in [0.25, 0.3) is 0 Å². The summed E-state index contributed by atoms with van der Waals surface area (Å²) in [5, 5.41) is 13.8. The third-order valence-corrected chi connectivity index (χ3v) is 4.04. The maximum absolute atomic E-state index is 12.3. The second-order valence-corrected chi connectivity index (χ2v) is 5.88. The number of nitrogens with zero attached hydrogens (tertiary/aromatic N) is 3. The molecule has 0 unspecified atom stereocenters.